The molecule has 0 aliphatic carbocycles. The van der Waals surface area contributed by atoms with Gasteiger partial charge in [-0.3, -0.25) is 4.79 Å². The molecule has 0 saturated heterocycles. The van der Waals surface area contributed by atoms with Gasteiger partial charge in [-0.2, -0.15) is 5.10 Å². The lowest BCUT2D eigenvalue weighted by Crippen LogP contribution is -2.10. The summed E-state index contributed by atoms with van der Waals surface area (Å²) in [5, 5.41) is 13.5. The minimum atomic E-state index is -0.903. The van der Waals surface area contributed by atoms with Gasteiger partial charge in [-0.1, -0.05) is 12.1 Å². The third-order valence-corrected chi connectivity index (χ3v) is 3.96. The van der Waals surface area contributed by atoms with E-state index in [0.29, 0.717) is 16.9 Å². The Bertz CT molecular complexity index is 914. The lowest BCUT2D eigenvalue weighted by atomic mass is 10.1. The summed E-state index contributed by atoms with van der Waals surface area (Å²) in [5.74, 6) is -1.20. The summed E-state index contributed by atoms with van der Waals surface area (Å²) in [4.78, 5) is 15.6. The number of fused-ring (bicyclic) bond motifs is 1. The third kappa shape index (κ3) is 2.56. The van der Waals surface area contributed by atoms with Crippen LogP contribution >= 0.6 is 0 Å². The quantitative estimate of drug-likeness (QED) is 0.807. The Kier molecular flexibility index (Phi) is 3.60. The maximum atomic E-state index is 13.2. The number of aliphatic carboxylic acids is 1. The highest BCUT2D eigenvalue weighted by Crippen LogP contribution is 2.29. The van der Waals surface area contributed by atoms with Crippen LogP contribution in [0.1, 0.15) is 22.6 Å². The van der Waals surface area contributed by atoms with Gasteiger partial charge >= 0.3 is 5.97 Å². The Morgan fingerprint density at radius 1 is 1.17 bits per heavy atom. The number of hydrogen-bond acceptors (Lipinski definition) is 3. The average molecular weight is 313 g/mol. The van der Waals surface area contributed by atoms with Crippen molar-refractivity contribution in [3.05, 3.63) is 52.7 Å². The van der Waals surface area contributed by atoms with Crippen LogP contribution < -0.4 is 0 Å². The molecule has 6 heteroatoms. The maximum absolute atomic E-state index is 13.2. The first-order valence-corrected chi connectivity index (χ1v) is 7.21. The van der Waals surface area contributed by atoms with Crippen LogP contribution in [0.4, 0.5) is 4.39 Å². The fraction of sp³-hybridized carbons (Fsp3) is 0.235. The molecule has 3 aromatic rings. The lowest BCUT2D eigenvalue weighted by molar-refractivity contribution is -0.136. The first-order chi connectivity index (χ1) is 10.9. The van der Waals surface area contributed by atoms with Crippen LogP contribution in [0.15, 0.2) is 24.3 Å². The molecule has 1 N–H and O–H groups in total. The van der Waals surface area contributed by atoms with E-state index < -0.39 is 5.97 Å². The number of aromatic nitrogens is 3. The number of nitrogens with zero attached hydrogens (tertiary/aromatic N) is 3. The Hall–Kier alpha value is -2.76. The highest BCUT2D eigenvalue weighted by atomic mass is 19.1. The maximum Gasteiger partial charge on any atom is 0.307 e. The van der Waals surface area contributed by atoms with Crippen molar-refractivity contribution in [3.63, 3.8) is 0 Å². The van der Waals surface area contributed by atoms with Crippen LogP contribution in [0.3, 0.4) is 0 Å². The van der Waals surface area contributed by atoms with Crippen molar-refractivity contribution in [1.82, 2.24) is 14.6 Å². The monoisotopic (exact) mass is 313 g/mol. The molecule has 2 aromatic heterocycles. The molecule has 0 spiro atoms. The van der Waals surface area contributed by atoms with Gasteiger partial charge in [0.25, 0.3) is 0 Å². The van der Waals surface area contributed by atoms with Crippen LogP contribution in [0.25, 0.3) is 16.8 Å². The fourth-order valence-corrected chi connectivity index (χ4v) is 2.83. The predicted octanol–water partition coefficient (Wildman–Crippen LogP) is 3.09. The summed E-state index contributed by atoms with van der Waals surface area (Å²) in [7, 11) is 0. The van der Waals surface area contributed by atoms with Crippen molar-refractivity contribution >= 4 is 11.6 Å². The molecule has 5 nitrogen and oxygen atoms in total. The normalized spacial score (nSPS) is 11.1. The van der Waals surface area contributed by atoms with Crippen molar-refractivity contribution in [3.8, 4) is 11.1 Å². The molecule has 0 radical (unpaired) electrons. The van der Waals surface area contributed by atoms with Crippen LogP contribution in [0.2, 0.25) is 0 Å². The molecule has 0 unspecified atom stereocenters. The van der Waals surface area contributed by atoms with Crippen molar-refractivity contribution in [2.24, 2.45) is 0 Å². The van der Waals surface area contributed by atoms with E-state index in [1.165, 1.54) is 12.1 Å². The van der Waals surface area contributed by atoms with Crippen molar-refractivity contribution in [2.45, 2.75) is 27.2 Å². The topological polar surface area (TPSA) is 67.5 Å². The molecule has 0 atom stereocenters. The number of aryl methyl sites for hydroxylation is 3. The van der Waals surface area contributed by atoms with E-state index in [0.717, 1.165) is 22.5 Å². The number of carboxylic acid groups (broad SMARTS) is 1. The van der Waals surface area contributed by atoms with Gasteiger partial charge < -0.3 is 5.11 Å². The summed E-state index contributed by atoms with van der Waals surface area (Å²) in [5.41, 5.74) is 5.16. The van der Waals surface area contributed by atoms with E-state index in [1.54, 1.807) is 23.6 Å². The van der Waals surface area contributed by atoms with Crippen molar-refractivity contribution in [2.75, 3.05) is 0 Å². The molecule has 0 aliphatic rings. The summed E-state index contributed by atoms with van der Waals surface area (Å²) < 4.78 is 14.8. The molecule has 3 rings (SSSR count). The summed E-state index contributed by atoms with van der Waals surface area (Å²) in [6.45, 7) is 5.49. The van der Waals surface area contributed by atoms with E-state index >= 15 is 0 Å². The SMILES string of the molecule is Cc1nc2c(-c3ccc(F)cc3)c(C)nn2c(C)c1CC(=O)O. The Balaban J connectivity index is 2.27. The van der Waals surface area contributed by atoms with Gasteiger partial charge in [0.15, 0.2) is 5.65 Å². The van der Waals surface area contributed by atoms with Crippen molar-refractivity contribution < 1.29 is 14.3 Å². The standard InChI is InChI=1S/C17H16FN3O2/c1-9-14(8-15(22)23)11(3)21-17(19-9)16(10(2)20-21)12-4-6-13(18)7-5-12/h4-7H,8H2,1-3H3,(H,22,23). The molecule has 118 valence electrons. The summed E-state index contributed by atoms with van der Waals surface area (Å²) in [6, 6.07) is 6.18. The van der Waals surface area contributed by atoms with Crippen LogP contribution in [0.5, 0.6) is 0 Å². The molecular weight excluding hydrogens is 297 g/mol. The number of halogens is 1. The van der Waals surface area contributed by atoms with Gasteiger partial charge in [-0.05, 0) is 38.5 Å². The number of benzene rings is 1. The van der Waals surface area contributed by atoms with Crippen molar-refractivity contribution in [1.29, 1.82) is 0 Å². The van der Waals surface area contributed by atoms with Crippen LogP contribution in [-0.4, -0.2) is 25.7 Å². The lowest BCUT2D eigenvalue weighted by Gasteiger charge is -2.09. The Morgan fingerprint density at radius 3 is 2.43 bits per heavy atom. The number of carboxylic acids is 1. The zero-order chi connectivity index (χ0) is 16.7. The highest BCUT2D eigenvalue weighted by Gasteiger charge is 2.19. The third-order valence-electron chi connectivity index (χ3n) is 3.96. The second-order valence-electron chi connectivity index (χ2n) is 5.53. The van der Waals surface area contributed by atoms with E-state index in [2.05, 4.69) is 10.1 Å². The smallest absolute Gasteiger partial charge is 0.307 e. The minimum Gasteiger partial charge on any atom is -0.481 e. The largest absolute Gasteiger partial charge is 0.481 e. The number of carbonyl (C=O) groups is 1. The van der Waals surface area contributed by atoms with Gasteiger partial charge in [0.1, 0.15) is 5.82 Å². The van der Waals surface area contributed by atoms with E-state index in [1.807, 2.05) is 13.8 Å². The molecule has 0 amide bonds. The van der Waals surface area contributed by atoms with Gasteiger partial charge in [0.05, 0.1) is 12.1 Å². The summed E-state index contributed by atoms with van der Waals surface area (Å²) >= 11 is 0. The van der Waals surface area contributed by atoms with Crippen LogP contribution in [0, 0.1) is 26.6 Å². The molecule has 0 saturated carbocycles. The first kappa shape index (κ1) is 15.1. The molecular formula is C17H16FN3O2. The van der Waals surface area contributed by atoms with Gasteiger partial charge in [0.2, 0.25) is 0 Å². The minimum absolute atomic E-state index is 0.0919. The van der Waals surface area contributed by atoms with Gasteiger partial charge in [-0.25, -0.2) is 13.9 Å². The zero-order valence-electron chi connectivity index (χ0n) is 13.1. The average Bonchev–Trinajstić information content (AvgIpc) is 2.81. The van der Waals surface area contributed by atoms with Crippen LogP contribution in [-0.2, 0) is 11.2 Å². The molecule has 0 bridgehead atoms. The Labute approximate surface area is 132 Å². The van der Waals surface area contributed by atoms with E-state index in [-0.39, 0.29) is 12.2 Å². The number of rotatable bonds is 3. The molecule has 0 fully saturated rings. The molecule has 1 aromatic carbocycles. The fourth-order valence-electron chi connectivity index (χ4n) is 2.83. The molecule has 2 heterocycles. The van der Waals surface area contributed by atoms with E-state index in [9.17, 15) is 9.18 Å². The van der Waals surface area contributed by atoms with E-state index in [4.69, 9.17) is 5.11 Å². The highest BCUT2D eigenvalue weighted by molar-refractivity contribution is 5.80. The second-order valence-corrected chi connectivity index (χ2v) is 5.53. The van der Waals surface area contributed by atoms with Gasteiger partial charge in [-0.15, -0.1) is 0 Å². The molecule has 0 aliphatic heterocycles. The Morgan fingerprint density at radius 2 is 1.83 bits per heavy atom. The summed E-state index contributed by atoms with van der Waals surface area (Å²) in [6.07, 6.45) is -0.0919. The molecule has 23 heavy (non-hydrogen) atoms. The first-order valence-electron chi connectivity index (χ1n) is 7.21. The predicted molar refractivity (Wildman–Crippen MR) is 83.9 cm³/mol. The zero-order valence-corrected chi connectivity index (χ0v) is 13.1. The number of hydrogen-bond donors (Lipinski definition) is 1. The van der Waals surface area contributed by atoms with Gasteiger partial charge in [0, 0.05) is 22.5 Å². The second kappa shape index (κ2) is 5.46.